The Morgan fingerprint density at radius 3 is 2.59 bits per heavy atom. The van der Waals surface area contributed by atoms with Gasteiger partial charge in [0.05, 0.1) is 5.92 Å². The Labute approximate surface area is 129 Å². The van der Waals surface area contributed by atoms with Crippen LogP contribution in [-0.2, 0) is 14.3 Å². The van der Waals surface area contributed by atoms with Crippen molar-refractivity contribution in [1.82, 2.24) is 0 Å². The van der Waals surface area contributed by atoms with Gasteiger partial charge in [-0.05, 0) is 31.2 Å². The number of hydrogen-bond donors (Lipinski definition) is 1. The van der Waals surface area contributed by atoms with Gasteiger partial charge in [0.1, 0.15) is 0 Å². The second-order valence-electron chi connectivity index (χ2n) is 5.72. The highest BCUT2D eigenvalue weighted by atomic mass is 16.5. The maximum Gasteiger partial charge on any atom is 0.309 e. The Balaban J connectivity index is 1.68. The molecule has 4 heteroatoms. The number of hydrogen-bond acceptors (Lipinski definition) is 3. The molecular formula is C18H19NO3. The molecule has 2 aromatic rings. The van der Waals surface area contributed by atoms with Crippen molar-refractivity contribution >= 4 is 28.3 Å². The van der Waals surface area contributed by atoms with E-state index in [0.717, 1.165) is 35.7 Å². The lowest BCUT2D eigenvalue weighted by molar-refractivity contribution is -0.159. The Hall–Kier alpha value is -2.36. The Morgan fingerprint density at radius 2 is 1.86 bits per heavy atom. The molecule has 0 aliphatic heterocycles. The van der Waals surface area contributed by atoms with E-state index in [1.807, 2.05) is 42.5 Å². The molecule has 2 aromatic carbocycles. The third-order valence-electron chi connectivity index (χ3n) is 4.15. The molecular weight excluding hydrogens is 278 g/mol. The van der Waals surface area contributed by atoms with E-state index in [1.165, 1.54) is 0 Å². The SMILES string of the molecule is C[C@H](OC(=O)C1CCC1)C(=O)Nc1cccc2ccccc12. The molecule has 1 atom stereocenters. The molecule has 0 radical (unpaired) electrons. The minimum Gasteiger partial charge on any atom is -0.452 e. The molecule has 1 saturated carbocycles. The van der Waals surface area contributed by atoms with Crippen molar-refractivity contribution in [3.63, 3.8) is 0 Å². The smallest absolute Gasteiger partial charge is 0.309 e. The van der Waals surface area contributed by atoms with Crippen LogP contribution in [0.1, 0.15) is 26.2 Å². The number of rotatable bonds is 4. The summed E-state index contributed by atoms with van der Waals surface area (Å²) >= 11 is 0. The minimum atomic E-state index is -0.785. The van der Waals surface area contributed by atoms with Crippen LogP contribution in [0, 0.1) is 5.92 Å². The fourth-order valence-electron chi connectivity index (χ4n) is 2.54. The molecule has 1 fully saturated rings. The number of ether oxygens (including phenoxy) is 1. The van der Waals surface area contributed by atoms with Gasteiger partial charge in [0.25, 0.3) is 5.91 Å². The lowest BCUT2D eigenvalue weighted by Crippen LogP contribution is -2.34. The van der Waals surface area contributed by atoms with Gasteiger partial charge in [-0.1, -0.05) is 42.8 Å². The average molecular weight is 297 g/mol. The molecule has 1 amide bonds. The molecule has 0 heterocycles. The van der Waals surface area contributed by atoms with Crippen LogP contribution in [0.15, 0.2) is 42.5 Å². The predicted molar refractivity (Wildman–Crippen MR) is 85.5 cm³/mol. The fraction of sp³-hybridized carbons (Fsp3) is 0.333. The molecule has 0 aromatic heterocycles. The van der Waals surface area contributed by atoms with Crippen LogP contribution in [0.2, 0.25) is 0 Å². The number of nitrogens with one attached hydrogen (secondary N) is 1. The van der Waals surface area contributed by atoms with Crippen molar-refractivity contribution in [3.8, 4) is 0 Å². The zero-order chi connectivity index (χ0) is 15.5. The highest BCUT2D eigenvalue weighted by molar-refractivity contribution is 6.03. The number of amides is 1. The lowest BCUT2D eigenvalue weighted by Gasteiger charge is -2.25. The number of carbonyl (C=O) groups excluding carboxylic acids is 2. The standard InChI is InChI=1S/C18H19NO3/c1-12(22-18(21)14-8-4-9-14)17(20)19-16-11-5-7-13-6-2-3-10-15(13)16/h2-3,5-7,10-12,14H,4,8-9H2,1H3,(H,19,20)/t12-/m0/s1. The van der Waals surface area contributed by atoms with Crippen LogP contribution in [-0.4, -0.2) is 18.0 Å². The van der Waals surface area contributed by atoms with Crippen molar-refractivity contribution in [2.24, 2.45) is 5.92 Å². The van der Waals surface area contributed by atoms with E-state index >= 15 is 0 Å². The van der Waals surface area contributed by atoms with Gasteiger partial charge in [-0.3, -0.25) is 9.59 Å². The van der Waals surface area contributed by atoms with Gasteiger partial charge in [0.2, 0.25) is 0 Å². The molecule has 0 saturated heterocycles. The summed E-state index contributed by atoms with van der Waals surface area (Å²) in [5, 5.41) is 4.87. The summed E-state index contributed by atoms with van der Waals surface area (Å²) in [4.78, 5) is 24.0. The number of fused-ring (bicyclic) bond motifs is 1. The zero-order valence-corrected chi connectivity index (χ0v) is 12.5. The molecule has 1 aliphatic rings. The van der Waals surface area contributed by atoms with E-state index in [1.54, 1.807) is 6.92 Å². The minimum absolute atomic E-state index is 0.0206. The molecule has 1 N–H and O–H groups in total. The van der Waals surface area contributed by atoms with Crippen molar-refractivity contribution in [3.05, 3.63) is 42.5 Å². The Kier molecular flexibility index (Phi) is 4.09. The third-order valence-corrected chi connectivity index (χ3v) is 4.15. The van der Waals surface area contributed by atoms with Crippen LogP contribution in [0.3, 0.4) is 0 Å². The van der Waals surface area contributed by atoms with Crippen LogP contribution < -0.4 is 5.32 Å². The van der Waals surface area contributed by atoms with E-state index in [9.17, 15) is 9.59 Å². The first-order valence-electron chi connectivity index (χ1n) is 7.64. The number of anilines is 1. The second kappa shape index (κ2) is 6.18. The highest BCUT2D eigenvalue weighted by Gasteiger charge is 2.29. The van der Waals surface area contributed by atoms with E-state index < -0.39 is 6.10 Å². The number of esters is 1. The molecule has 114 valence electrons. The van der Waals surface area contributed by atoms with Crippen molar-refractivity contribution in [2.75, 3.05) is 5.32 Å². The van der Waals surface area contributed by atoms with Crippen molar-refractivity contribution in [2.45, 2.75) is 32.3 Å². The van der Waals surface area contributed by atoms with Gasteiger partial charge >= 0.3 is 5.97 Å². The van der Waals surface area contributed by atoms with Gasteiger partial charge in [-0.25, -0.2) is 0 Å². The molecule has 0 unspecified atom stereocenters. The van der Waals surface area contributed by atoms with Crippen molar-refractivity contribution < 1.29 is 14.3 Å². The van der Waals surface area contributed by atoms with Crippen LogP contribution in [0.4, 0.5) is 5.69 Å². The first kappa shape index (κ1) is 14.6. The monoisotopic (exact) mass is 297 g/mol. The first-order chi connectivity index (χ1) is 10.6. The predicted octanol–water partition coefficient (Wildman–Crippen LogP) is 3.51. The van der Waals surface area contributed by atoms with Gasteiger partial charge < -0.3 is 10.1 Å². The topological polar surface area (TPSA) is 55.4 Å². The van der Waals surface area contributed by atoms with Gasteiger partial charge in [-0.2, -0.15) is 0 Å². The first-order valence-corrected chi connectivity index (χ1v) is 7.64. The molecule has 0 spiro atoms. The summed E-state index contributed by atoms with van der Waals surface area (Å²) in [7, 11) is 0. The van der Waals surface area contributed by atoms with E-state index in [-0.39, 0.29) is 17.8 Å². The van der Waals surface area contributed by atoms with Gasteiger partial charge in [-0.15, -0.1) is 0 Å². The maximum absolute atomic E-state index is 12.2. The highest BCUT2D eigenvalue weighted by Crippen LogP contribution is 2.28. The second-order valence-corrected chi connectivity index (χ2v) is 5.72. The summed E-state index contributed by atoms with van der Waals surface area (Å²) in [6.45, 7) is 1.61. The van der Waals surface area contributed by atoms with Crippen LogP contribution in [0.5, 0.6) is 0 Å². The lowest BCUT2D eigenvalue weighted by atomic mass is 9.86. The molecule has 3 rings (SSSR count). The normalized spacial score (nSPS) is 15.9. The number of benzene rings is 2. The zero-order valence-electron chi connectivity index (χ0n) is 12.5. The van der Waals surface area contributed by atoms with Crippen LogP contribution >= 0.6 is 0 Å². The third kappa shape index (κ3) is 2.96. The molecule has 0 bridgehead atoms. The summed E-state index contributed by atoms with van der Waals surface area (Å²) in [5.41, 5.74) is 0.731. The van der Waals surface area contributed by atoms with Gasteiger partial charge in [0.15, 0.2) is 6.10 Å². The maximum atomic E-state index is 12.2. The number of carbonyl (C=O) groups is 2. The Bertz CT molecular complexity index is 701. The van der Waals surface area contributed by atoms with E-state index in [4.69, 9.17) is 4.74 Å². The quantitative estimate of drug-likeness (QED) is 0.879. The summed E-state index contributed by atoms with van der Waals surface area (Å²) in [6, 6.07) is 13.6. The largest absolute Gasteiger partial charge is 0.452 e. The molecule has 22 heavy (non-hydrogen) atoms. The summed E-state index contributed by atoms with van der Waals surface area (Å²) in [5.74, 6) is -0.580. The molecule has 1 aliphatic carbocycles. The van der Waals surface area contributed by atoms with Gasteiger partial charge in [0, 0.05) is 11.1 Å². The summed E-state index contributed by atoms with van der Waals surface area (Å²) in [6.07, 6.45) is 2.02. The Morgan fingerprint density at radius 1 is 1.14 bits per heavy atom. The summed E-state index contributed by atoms with van der Waals surface area (Å²) < 4.78 is 5.25. The average Bonchev–Trinajstić information content (AvgIpc) is 2.45. The van der Waals surface area contributed by atoms with E-state index in [2.05, 4.69) is 5.32 Å². The fourth-order valence-corrected chi connectivity index (χ4v) is 2.54. The van der Waals surface area contributed by atoms with Crippen molar-refractivity contribution in [1.29, 1.82) is 0 Å². The van der Waals surface area contributed by atoms with E-state index in [0.29, 0.717) is 0 Å². The van der Waals surface area contributed by atoms with Crippen LogP contribution in [0.25, 0.3) is 10.8 Å². The molecule has 4 nitrogen and oxygen atoms in total.